The molecule has 100 valence electrons. The van der Waals surface area contributed by atoms with E-state index in [9.17, 15) is 4.79 Å². The zero-order valence-electron chi connectivity index (χ0n) is 11.0. The SMILES string of the molecule is CC(C)(C)OC(=O)NCCNC1CCSCC1. The van der Waals surface area contributed by atoms with Gasteiger partial charge in [0, 0.05) is 19.1 Å². The van der Waals surface area contributed by atoms with E-state index >= 15 is 0 Å². The van der Waals surface area contributed by atoms with Crippen molar-refractivity contribution in [2.45, 2.75) is 45.3 Å². The van der Waals surface area contributed by atoms with E-state index in [2.05, 4.69) is 10.6 Å². The number of amides is 1. The van der Waals surface area contributed by atoms with Gasteiger partial charge in [0.2, 0.25) is 0 Å². The van der Waals surface area contributed by atoms with Crippen molar-refractivity contribution in [3.63, 3.8) is 0 Å². The highest BCUT2D eigenvalue weighted by Gasteiger charge is 2.16. The maximum atomic E-state index is 11.3. The largest absolute Gasteiger partial charge is 0.444 e. The lowest BCUT2D eigenvalue weighted by molar-refractivity contribution is 0.0528. The molecule has 0 spiro atoms. The van der Waals surface area contributed by atoms with Crippen molar-refractivity contribution in [1.29, 1.82) is 0 Å². The Balaban J connectivity index is 2.01. The lowest BCUT2D eigenvalue weighted by atomic mass is 10.1. The van der Waals surface area contributed by atoms with Crippen molar-refractivity contribution in [3.8, 4) is 0 Å². The molecule has 1 heterocycles. The first-order valence-corrected chi connectivity index (χ1v) is 7.41. The van der Waals surface area contributed by atoms with Crippen LogP contribution < -0.4 is 10.6 Å². The van der Waals surface area contributed by atoms with Crippen LogP contribution in [-0.4, -0.2) is 42.3 Å². The molecule has 1 aliphatic heterocycles. The fourth-order valence-corrected chi connectivity index (χ4v) is 2.76. The van der Waals surface area contributed by atoms with E-state index in [0.29, 0.717) is 12.6 Å². The zero-order valence-corrected chi connectivity index (χ0v) is 11.9. The summed E-state index contributed by atoms with van der Waals surface area (Å²) in [6.45, 7) is 7.03. The second-order valence-corrected chi connectivity index (χ2v) is 6.49. The van der Waals surface area contributed by atoms with E-state index in [1.807, 2.05) is 32.5 Å². The predicted octanol–water partition coefficient (Wildman–Crippen LogP) is 2.00. The van der Waals surface area contributed by atoms with Gasteiger partial charge in [-0.1, -0.05) is 0 Å². The maximum absolute atomic E-state index is 11.3. The van der Waals surface area contributed by atoms with Gasteiger partial charge in [-0.05, 0) is 45.1 Å². The molecule has 17 heavy (non-hydrogen) atoms. The summed E-state index contributed by atoms with van der Waals surface area (Å²) in [6, 6.07) is 0.622. The number of thioether (sulfide) groups is 1. The summed E-state index contributed by atoms with van der Waals surface area (Å²) in [7, 11) is 0. The van der Waals surface area contributed by atoms with Crippen LogP contribution in [-0.2, 0) is 4.74 Å². The molecule has 5 heteroatoms. The lowest BCUT2D eigenvalue weighted by Crippen LogP contribution is -2.40. The molecular weight excluding hydrogens is 236 g/mol. The van der Waals surface area contributed by atoms with Crippen molar-refractivity contribution in [2.75, 3.05) is 24.6 Å². The molecule has 1 amide bonds. The van der Waals surface area contributed by atoms with Gasteiger partial charge in [-0.25, -0.2) is 4.79 Å². The summed E-state index contributed by atoms with van der Waals surface area (Å²) >= 11 is 2.02. The normalized spacial score (nSPS) is 17.8. The summed E-state index contributed by atoms with van der Waals surface area (Å²) < 4.78 is 5.15. The highest BCUT2D eigenvalue weighted by molar-refractivity contribution is 7.99. The Morgan fingerprint density at radius 2 is 1.94 bits per heavy atom. The molecule has 0 aromatic heterocycles. The molecule has 0 unspecified atom stereocenters. The minimum Gasteiger partial charge on any atom is -0.444 e. The number of hydrogen-bond donors (Lipinski definition) is 2. The first-order chi connectivity index (χ1) is 7.97. The summed E-state index contributed by atoms with van der Waals surface area (Å²) in [4.78, 5) is 11.3. The number of rotatable bonds is 4. The number of nitrogens with one attached hydrogen (secondary N) is 2. The van der Waals surface area contributed by atoms with Gasteiger partial charge in [-0.3, -0.25) is 0 Å². The molecule has 0 bridgehead atoms. The Morgan fingerprint density at radius 1 is 1.29 bits per heavy atom. The fraction of sp³-hybridized carbons (Fsp3) is 0.917. The van der Waals surface area contributed by atoms with Gasteiger partial charge in [-0.2, -0.15) is 11.8 Å². The van der Waals surface area contributed by atoms with Crippen molar-refractivity contribution in [1.82, 2.24) is 10.6 Å². The van der Waals surface area contributed by atoms with Crippen LogP contribution in [0.5, 0.6) is 0 Å². The maximum Gasteiger partial charge on any atom is 0.407 e. The molecule has 0 atom stereocenters. The van der Waals surface area contributed by atoms with E-state index in [4.69, 9.17) is 4.74 Å². The van der Waals surface area contributed by atoms with Gasteiger partial charge >= 0.3 is 6.09 Å². The summed E-state index contributed by atoms with van der Waals surface area (Å²) in [5.74, 6) is 2.49. The monoisotopic (exact) mass is 260 g/mol. The van der Waals surface area contributed by atoms with E-state index in [0.717, 1.165) is 6.54 Å². The number of ether oxygens (including phenoxy) is 1. The van der Waals surface area contributed by atoms with Crippen LogP contribution in [0.3, 0.4) is 0 Å². The quantitative estimate of drug-likeness (QED) is 0.759. The third-order valence-electron chi connectivity index (χ3n) is 2.45. The van der Waals surface area contributed by atoms with Gasteiger partial charge in [0.25, 0.3) is 0 Å². The topological polar surface area (TPSA) is 50.4 Å². The van der Waals surface area contributed by atoms with Gasteiger partial charge < -0.3 is 15.4 Å². The van der Waals surface area contributed by atoms with Gasteiger partial charge in [-0.15, -0.1) is 0 Å². The Labute approximate surface area is 108 Å². The number of carbonyl (C=O) groups excluding carboxylic acids is 1. The third-order valence-corrected chi connectivity index (χ3v) is 3.50. The number of alkyl carbamates (subject to hydrolysis) is 1. The second-order valence-electron chi connectivity index (χ2n) is 5.27. The molecule has 1 rings (SSSR count). The molecule has 1 aliphatic rings. The van der Waals surface area contributed by atoms with Gasteiger partial charge in [0.1, 0.15) is 5.60 Å². The van der Waals surface area contributed by atoms with Crippen LogP contribution in [0.15, 0.2) is 0 Å². The van der Waals surface area contributed by atoms with Crippen molar-refractivity contribution >= 4 is 17.9 Å². The van der Waals surface area contributed by atoms with Crippen LogP contribution >= 0.6 is 11.8 Å². The molecule has 4 nitrogen and oxygen atoms in total. The second kappa shape index (κ2) is 7.11. The van der Waals surface area contributed by atoms with Crippen LogP contribution in [0.1, 0.15) is 33.6 Å². The predicted molar refractivity (Wildman–Crippen MR) is 72.6 cm³/mol. The van der Waals surface area contributed by atoms with E-state index in [1.165, 1.54) is 24.3 Å². The molecule has 1 fully saturated rings. The van der Waals surface area contributed by atoms with Gasteiger partial charge in [0.05, 0.1) is 0 Å². The Bertz CT molecular complexity index is 235. The molecule has 0 aromatic carbocycles. The first-order valence-electron chi connectivity index (χ1n) is 6.25. The average molecular weight is 260 g/mol. The Hall–Kier alpha value is -0.420. The van der Waals surface area contributed by atoms with E-state index in [-0.39, 0.29) is 6.09 Å². The molecule has 2 N–H and O–H groups in total. The summed E-state index contributed by atoms with van der Waals surface area (Å²) in [5.41, 5.74) is -0.419. The summed E-state index contributed by atoms with van der Waals surface area (Å²) in [6.07, 6.45) is 2.13. The standard InChI is InChI=1S/C12H24N2O2S/c1-12(2,3)16-11(15)14-7-6-13-10-4-8-17-9-5-10/h10,13H,4-9H2,1-3H3,(H,14,15). The number of hydrogen-bond acceptors (Lipinski definition) is 4. The van der Waals surface area contributed by atoms with E-state index < -0.39 is 5.60 Å². The van der Waals surface area contributed by atoms with Crippen LogP contribution in [0, 0.1) is 0 Å². The lowest BCUT2D eigenvalue weighted by Gasteiger charge is -2.23. The molecular formula is C12H24N2O2S. The zero-order chi connectivity index (χ0) is 12.7. The average Bonchev–Trinajstić information content (AvgIpc) is 2.23. The fourth-order valence-electron chi connectivity index (χ4n) is 1.66. The van der Waals surface area contributed by atoms with Crippen molar-refractivity contribution in [2.24, 2.45) is 0 Å². The van der Waals surface area contributed by atoms with Crippen molar-refractivity contribution < 1.29 is 9.53 Å². The molecule has 1 saturated heterocycles. The highest BCUT2D eigenvalue weighted by Crippen LogP contribution is 2.16. The van der Waals surface area contributed by atoms with Crippen LogP contribution in [0.2, 0.25) is 0 Å². The molecule has 0 aliphatic carbocycles. The number of carbonyl (C=O) groups is 1. The smallest absolute Gasteiger partial charge is 0.407 e. The minimum absolute atomic E-state index is 0.335. The minimum atomic E-state index is -0.419. The Morgan fingerprint density at radius 3 is 2.53 bits per heavy atom. The van der Waals surface area contributed by atoms with Gasteiger partial charge in [0.15, 0.2) is 0 Å². The van der Waals surface area contributed by atoms with Crippen LogP contribution in [0.25, 0.3) is 0 Å². The highest BCUT2D eigenvalue weighted by atomic mass is 32.2. The van der Waals surface area contributed by atoms with Crippen LogP contribution in [0.4, 0.5) is 4.79 Å². The van der Waals surface area contributed by atoms with Crippen molar-refractivity contribution in [3.05, 3.63) is 0 Å². The summed E-state index contributed by atoms with van der Waals surface area (Å²) in [5, 5.41) is 6.21. The first kappa shape index (κ1) is 14.6. The molecule has 0 radical (unpaired) electrons. The molecule has 0 aromatic rings. The Kier molecular flexibility index (Phi) is 6.12. The third kappa shape index (κ3) is 7.49. The molecule has 0 saturated carbocycles. The van der Waals surface area contributed by atoms with E-state index in [1.54, 1.807) is 0 Å².